The van der Waals surface area contributed by atoms with Crippen molar-refractivity contribution in [3.05, 3.63) is 47.3 Å². The number of rotatable bonds is 8. The molecule has 2 unspecified atom stereocenters. The number of nitrogens with zero attached hydrogens (tertiary/aromatic N) is 5. The van der Waals surface area contributed by atoms with E-state index in [0.29, 0.717) is 32.8 Å². The summed E-state index contributed by atoms with van der Waals surface area (Å²) in [4.78, 5) is 7.04. The normalized spacial score (nSPS) is 19.0. The van der Waals surface area contributed by atoms with Gasteiger partial charge in [0.2, 0.25) is 0 Å². The summed E-state index contributed by atoms with van der Waals surface area (Å²) in [5.41, 5.74) is 0.956. The van der Waals surface area contributed by atoms with Crippen molar-refractivity contribution in [2.45, 2.75) is 45.9 Å². The maximum Gasteiger partial charge on any atom is 0.194 e. The average molecular weight is 560 g/mol. The second-order valence-electron chi connectivity index (χ2n) is 7.73. The fourth-order valence-electron chi connectivity index (χ4n) is 3.51. The van der Waals surface area contributed by atoms with Crippen LogP contribution in [0.5, 0.6) is 0 Å². The molecule has 1 N–H and O–H groups in total. The van der Waals surface area contributed by atoms with E-state index in [1.54, 1.807) is 12.1 Å². The fraction of sp³-hybridized carbons (Fsp3) is 0.591. The van der Waals surface area contributed by atoms with Gasteiger partial charge in [-0.1, -0.05) is 12.1 Å². The first-order chi connectivity index (χ1) is 15.0. The smallest absolute Gasteiger partial charge is 0.194 e. The molecule has 0 amide bonds. The highest BCUT2D eigenvalue weighted by molar-refractivity contribution is 14.0. The number of aromatic nitrogens is 3. The number of aryl methyl sites for hydroxylation is 1. The van der Waals surface area contributed by atoms with Gasteiger partial charge >= 0.3 is 0 Å². The van der Waals surface area contributed by atoms with Crippen LogP contribution in [0.4, 0.5) is 4.39 Å². The molecule has 0 saturated carbocycles. The molecule has 1 fully saturated rings. The van der Waals surface area contributed by atoms with Crippen LogP contribution in [0.3, 0.4) is 0 Å². The van der Waals surface area contributed by atoms with Crippen LogP contribution in [-0.4, -0.2) is 64.6 Å². The Kier molecular flexibility index (Phi) is 10.8. The Morgan fingerprint density at radius 3 is 2.69 bits per heavy atom. The third kappa shape index (κ3) is 7.38. The zero-order valence-corrected chi connectivity index (χ0v) is 21.6. The number of hydrogen-bond acceptors (Lipinski definition) is 5. The molecule has 0 aliphatic carbocycles. The SMILES string of the molecule is CCOCCCNC(=NCc1nnc(C)n1C)N1CC(C)OC(c2ccc(F)cc2)C1.I. The number of nitrogens with one attached hydrogen (secondary N) is 1. The van der Waals surface area contributed by atoms with Crippen molar-refractivity contribution in [3.8, 4) is 0 Å². The molecule has 0 spiro atoms. The third-order valence-corrected chi connectivity index (χ3v) is 5.31. The van der Waals surface area contributed by atoms with Gasteiger partial charge in [-0.05, 0) is 44.9 Å². The molecule has 0 bridgehead atoms. The van der Waals surface area contributed by atoms with E-state index in [2.05, 4.69) is 20.4 Å². The third-order valence-electron chi connectivity index (χ3n) is 5.31. The minimum Gasteiger partial charge on any atom is -0.382 e. The molecular formula is C22H34FIN6O2. The highest BCUT2D eigenvalue weighted by atomic mass is 127. The summed E-state index contributed by atoms with van der Waals surface area (Å²) in [7, 11) is 1.94. The Morgan fingerprint density at radius 1 is 1.28 bits per heavy atom. The number of benzene rings is 1. The van der Waals surface area contributed by atoms with Gasteiger partial charge in [0.25, 0.3) is 0 Å². The summed E-state index contributed by atoms with van der Waals surface area (Å²) in [5.74, 6) is 2.22. The lowest BCUT2D eigenvalue weighted by Crippen LogP contribution is -2.51. The standard InChI is InChI=1S/C22H33FN6O2.HI/c1-5-30-12-6-11-24-22(25-13-21-27-26-17(3)28(21)4)29-14-16(2)31-20(15-29)18-7-9-19(23)10-8-18;/h7-10,16,20H,5-6,11-15H2,1-4H3,(H,24,25);1H. The summed E-state index contributed by atoms with van der Waals surface area (Å²) in [6.07, 6.45) is 0.741. The van der Waals surface area contributed by atoms with Crippen LogP contribution in [0, 0.1) is 12.7 Å². The second-order valence-corrected chi connectivity index (χ2v) is 7.73. The van der Waals surface area contributed by atoms with Gasteiger partial charge < -0.3 is 24.3 Å². The number of hydrogen-bond donors (Lipinski definition) is 1. The lowest BCUT2D eigenvalue weighted by Gasteiger charge is -2.39. The molecule has 1 aliphatic rings. The van der Waals surface area contributed by atoms with E-state index in [9.17, 15) is 4.39 Å². The predicted octanol–water partition coefficient (Wildman–Crippen LogP) is 3.21. The largest absolute Gasteiger partial charge is 0.382 e. The quantitative estimate of drug-likeness (QED) is 0.231. The maximum absolute atomic E-state index is 13.4. The molecule has 1 aromatic heterocycles. The minimum absolute atomic E-state index is 0. The topological polar surface area (TPSA) is 76.8 Å². The van der Waals surface area contributed by atoms with Crippen molar-refractivity contribution in [2.75, 3.05) is 32.8 Å². The highest BCUT2D eigenvalue weighted by Crippen LogP contribution is 2.25. The summed E-state index contributed by atoms with van der Waals surface area (Å²) in [6.45, 7) is 9.91. The van der Waals surface area contributed by atoms with Crippen LogP contribution >= 0.6 is 24.0 Å². The molecule has 0 radical (unpaired) electrons. The summed E-state index contributed by atoms with van der Waals surface area (Å²) < 4.78 is 26.9. The van der Waals surface area contributed by atoms with Crippen LogP contribution in [0.2, 0.25) is 0 Å². The van der Waals surface area contributed by atoms with Gasteiger partial charge in [0, 0.05) is 33.4 Å². The van der Waals surface area contributed by atoms with Gasteiger partial charge in [0.15, 0.2) is 11.8 Å². The molecular weight excluding hydrogens is 526 g/mol. The van der Waals surface area contributed by atoms with Gasteiger partial charge in [-0.2, -0.15) is 0 Å². The van der Waals surface area contributed by atoms with Gasteiger partial charge in [-0.25, -0.2) is 9.38 Å². The van der Waals surface area contributed by atoms with E-state index in [1.807, 2.05) is 32.4 Å². The van der Waals surface area contributed by atoms with E-state index < -0.39 is 0 Å². The van der Waals surface area contributed by atoms with Crippen LogP contribution in [0.1, 0.15) is 43.6 Å². The predicted molar refractivity (Wildman–Crippen MR) is 133 cm³/mol. The van der Waals surface area contributed by atoms with Crippen molar-refractivity contribution < 1.29 is 13.9 Å². The summed E-state index contributed by atoms with van der Waals surface area (Å²) in [5, 5.41) is 11.8. The minimum atomic E-state index is -0.248. The Balaban J connectivity index is 0.00000363. The Labute approximate surface area is 206 Å². The van der Waals surface area contributed by atoms with Crippen LogP contribution in [-0.2, 0) is 23.1 Å². The van der Waals surface area contributed by atoms with Crippen molar-refractivity contribution in [3.63, 3.8) is 0 Å². The summed E-state index contributed by atoms with van der Waals surface area (Å²) >= 11 is 0. The lowest BCUT2D eigenvalue weighted by molar-refractivity contribution is -0.0605. The first kappa shape index (κ1) is 26.5. The number of halogens is 2. The Bertz CT molecular complexity index is 861. The van der Waals surface area contributed by atoms with E-state index in [-0.39, 0.29) is 42.0 Å². The van der Waals surface area contributed by atoms with E-state index in [4.69, 9.17) is 14.5 Å². The molecule has 2 atom stereocenters. The zero-order chi connectivity index (χ0) is 22.2. The number of ether oxygens (including phenoxy) is 2. The zero-order valence-electron chi connectivity index (χ0n) is 19.3. The molecule has 8 nitrogen and oxygen atoms in total. The molecule has 10 heteroatoms. The van der Waals surface area contributed by atoms with Gasteiger partial charge in [-0.3, -0.25) is 0 Å². The molecule has 1 aromatic carbocycles. The molecule has 3 rings (SSSR count). The summed E-state index contributed by atoms with van der Waals surface area (Å²) in [6, 6.07) is 6.51. The van der Waals surface area contributed by atoms with E-state index >= 15 is 0 Å². The molecule has 2 aromatic rings. The molecule has 2 heterocycles. The molecule has 32 heavy (non-hydrogen) atoms. The molecule has 178 valence electrons. The average Bonchev–Trinajstić information content (AvgIpc) is 3.08. The van der Waals surface area contributed by atoms with Crippen molar-refractivity contribution in [1.82, 2.24) is 25.0 Å². The van der Waals surface area contributed by atoms with E-state index in [1.165, 1.54) is 12.1 Å². The first-order valence-corrected chi connectivity index (χ1v) is 10.8. The molecule has 1 saturated heterocycles. The number of morpholine rings is 1. The Hall–Kier alpha value is -1.79. The maximum atomic E-state index is 13.4. The number of guanidine groups is 1. The van der Waals surface area contributed by atoms with Crippen molar-refractivity contribution >= 4 is 29.9 Å². The highest BCUT2D eigenvalue weighted by Gasteiger charge is 2.28. The van der Waals surface area contributed by atoms with E-state index in [0.717, 1.165) is 36.1 Å². The van der Waals surface area contributed by atoms with Crippen LogP contribution in [0.25, 0.3) is 0 Å². The van der Waals surface area contributed by atoms with Crippen LogP contribution < -0.4 is 5.32 Å². The van der Waals surface area contributed by atoms with Gasteiger partial charge in [0.05, 0.1) is 12.6 Å². The monoisotopic (exact) mass is 560 g/mol. The van der Waals surface area contributed by atoms with Crippen LogP contribution in [0.15, 0.2) is 29.3 Å². The van der Waals surface area contributed by atoms with Gasteiger partial charge in [0.1, 0.15) is 24.3 Å². The second kappa shape index (κ2) is 13.0. The van der Waals surface area contributed by atoms with Crippen molar-refractivity contribution in [1.29, 1.82) is 0 Å². The van der Waals surface area contributed by atoms with Gasteiger partial charge in [-0.15, -0.1) is 34.2 Å². The lowest BCUT2D eigenvalue weighted by atomic mass is 10.1. The van der Waals surface area contributed by atoms with Crippen molar-refractivity contribution in [2.24, 2.45) is 12.0 Å². The fourth-order valence-corrected chi connectivity index (χ4v) is 3.51. The molecule has 1 aliphatic heterocycles. The number of aliphatic imine (C=N–C) groups is 1. The Morgan fingerprint density at radius 2 is 2.03 bits per heavy atom. The first-order valence-electron chi connectivity index (χ1n) is 10.8.